The first-order chi connectivity index (χ1) is 15.3. The number of aliphatic imine (C=N–C) groups is 1. The Morgan fingerprint density at radius 1 is 1.19 bits per heavy atom. The largest absolute Gasteiger partial charge is 0.457 e. The third kappa shape index (κ3) is 4.74. The minimum absolute atomic E-state index is 0.0692. The van der Waals surface area contributed by atoms with Gasteiger partial charge >= 0.3 is 6.18 Å². The topological polar surface area (TPSA) is 106 Å². The summed E-state index contributed by atoms with van der Waals surface area (Å²) in [5.41, 5.74) is -0.210. The molecule has 1 aliphatic rings. The van der Waals surface area contributed by atoms with Gasteiger partial charge in [0.2, 0.25) is 5.95 Å². The molecule has 0 fully saturated rings. The van der Waals surface area contributed by atoms with Gasteiger partial charge < -0.3 is 15.4 Å². The highest BCUT2D eigenvalue weighted by Gasteiger charge is 2.35. The fourth-order valence-electron chi connectivity index (χ4n) is 2.78. The van der Waals surface area contributed by atoms with Crippen molar-refractivity contribution in [1.29, 1.82) is 0 Å². The first kappa shape index (κ1) is 21.0. The quantitative estimate of drug-likeness (QED) is 0.616. The molecular formula is C20H16F3N7O2. The Hall–Kier alpha value is -4.22. The number of hydrogen-bond acceptors (Lipinski definition) is 7. The van der Waals surface area contributed by atoms with Gasteiger partial charge in [0, 0.05) is 43.7 Å². The summed E-state index contributed by atoms with van der Waals surface area (Å²) in [4.78, 5) is 23.3. The molecule has 0 spiro atoms. The summed E-state index contributed by atoms with van der Waals surface area (Å²) in [6, 6.07) is 9.86. The summed E-state index contributed by atoms with van der Waals surface area (Å²) in [7, 11) is 1.50. The van der Waals surface area contributed by atoms with E-state index in [0.29, 0.717) is 17.2 Å². The number of amides is 1. The number of rotatable bonds is 5. The van der Waals surface area contributed by atoms with E-state index in [1.54, 1.807) is 30.3 Å². The molecule has 3 heterocycles. The summed E-state index contributed by atoms with van der Waals surface area (Å²) >= 11 is 0. The van der Waals surface area contributed by atoms with Crippen molar-refractivity contribution in [2.75, 3.05) is 12.4 Å². The number of halogens is 3. The normalized spacial score (nSPS) is 13.1. The summed E-state index contributed by atoms with van der Waals surface area (Å²) in [5, 5.41) is 9.52. The third-order valence-electron chi connectivity index (χ3n) is 4.25. The molecule has 0 saturated heterocycles. The molecule has 0 radical (unpaired) electrons. The lowest BCUT2D eigenvalue weighted by atomic mass is 10.2. The lowest BCUT2D eigenvalue weighted by Crippen LogP contribution is -2.21. The van der Waals surface area contributed by atoms with Crippen LogP contribution in [0.5, 0.6) is 11.5 Å². The third-order valence-corrected chi connectivity index (χ3v) is 4.25. The Morgan fingerprint density at radius 2 is 2.00 bits per heavy atom. The molecule has 2 N–H and O–H groups in total. The van der Waals surface area contributed by atoms with Gasteiger partial charge in [-0.3, -0.25) is 9.78 Å². The summed E-state index contributed by atoms with van der Waals surface area (Å²) in [6.07, 6.45) is -0.754. The van der Waals surface area contributed by atoms with Crippen LogP contribution in [0.4, 0.5) is 30.8 Å². The maximum atomic E-state index is 13.0. The van der Waals surface area contributed by atoms with E-state index >= 15 is 0 Å². The van der Waals surface area contributed by atoms with Gasteiger partial charge in [0.25, 0.3) is 11.9 Å². The van der Waals surface area contributed by atoms with E-state index in [0.717, 1.165) is 0 Å². The molecular weight excluding hydrogens is 427 g/mol. The molecule has 32 heavy (non-hydrogen) atoms. The maximum absolute atomic E-state index is 13.0. The molecule has 0 bridgehead atoms. The monoisotopic (exact) mass is 443 g/mol. The van der Waals surface area contributed by atoms with Crippen LogP contribution in [-0.4, -0.2) is 44.6 Å². The Balaban J connectivity index is 1.52. The average molecular weight is 443 g/mol. The van der Waals surface area contributed by atoms with Gasteiger partial charge in [-0.15, -0.1) is 5.10 Å². The second kappa shape index (κ2) is 8.49. The molecule has 3 aromatic rings. The Labute approximate surface area is 179 Å². The molecule has 1 aromatic carbocycles. The van der Waals surface area contributed by atoms with Crippen molar-refractivity contribution >= 4 is 35.4 Å². The van der Waals surface area contributed by atoms with E-state index in [4.69, 9.17) is 4.74 Å². The number of carbonyl (C=O) groups is 1. The highest BCUT2D eigenvalue weighted by Crippen LogP contribution is 2.28. The van der Waals surface area contributed by atoms with E-state index in [2.05, 4.69) is 30.7 Å². The van der Waals surface area contributed by atoms with Crippen molar-refractivity contribution in [2.45, 2.75) is 12.6 Å². The van der Waals surface area contributed by atoms with E-state index in [-0.39, 0.29) is 29.9 Å². The molecule has 9 nitrogen and oxygen atoms in total. The van der Waals surface area contributed by atoms with Crippen LogP contribution in [-0.2, 0) is 0 Å². The van der Waals surface area contributed by atoms with Crippen LogP contribution in [0.2, 0.25) is 0 Å². The van der Waals surface area contributed by atoms with Crippen LogP contribution >= 0.6 is 0 Å². The lowest BCUT2D eigenvalue weighted by Gasteiger charge is -2.09. The van der Waals surface area contributed by atoms with E-state index in [1.165, 1.54) is 36.3 Å². The molecule has 164 valence electrons. The van der Waals surface area contributed by atoms with Crippen molar-refractivity contribution in [2.24, 2.45) is 4.99 Å². The zero-order chi connectivity index (χ0) is 22.7. The second-order valence-electron chi connectivity index (χ2n) is 6.54. The second-order valence-corrected chi connectivity index (χ2v) is 6.54. The van der Waals surface area contributed by atoms with Crippen LogP contribution < -0.4 is 15.4 Å². The van der Waals surface area contributed by atoms with Gasteiger partial charge in [-0.1, -0.05) is 12.1 Å². The number of hydrogen-bond donors (Lipinski definition) is 2. The van der Waals surface area contributed by atoms with Gasteiger partial charge in [0.15, 0.2) is 0 Å². The summed E-state index contributed by atoms with van der Waals surface area (Å²) in [6.45, 7) is 0. The lowest BCUT2D eigenvalue weighted by molar-refractivity contribution is -0.0599. The number of nitrogens with zero attached hydrogens (tertiary/aromatic N) is 5. The van der Waals surface area contributed by atoms with Crippen molar-refractivity contribution in [1.82, 2.24) is 25.1 Å². The number of carbonyl (C=O) groups excluding carboxylic acids is 1. The molecule has 12 heteroatoms. The highest BCUT2D eigenvalue weighted by atomic mass is 19.4. The van der Waals surface area contributed by atoms with Crippen LogP contribution in [0.15, 0.2) is 53.7 Å². The minimum atomic E-state index is -4.55. The van der Waals surface area contributed by atoms with Crippen LogP contribution in [0.3, 0.4) is 0 Å². The van der Waals surface area contributed by atoms with Crippen molar-refractivity contribution in [3.63, 3.8) is 0 Å². The van der Waals surface area contributed by atoms with Gasteiger partial charge in [-0.25, -0.2) is 9.67 Å². The van der Waals surface area contributed by atoms with Crippen LogP contribution in [0.1, 0.15) is 16.9 Å². The van der Waals surface area contributed by atoms with Crippen LogP contribution in [0, 0.1) is 0 Å². The first-order valence-electron chi connectivity index (χ1n) is 9.33. The smallest absolute Gasteiger partial charge is 0.429 e. The zero-order valence-electron chi connectivity index (χ0n) is 16.6. The highest BCUT2D eigenvalue weighted by molar-refractivity contribution is 5.93. The molecule has 0 unspecified atom stereocenters. The first-order valence-corrected chi connectivity index (χ1v) is 9.33. The number of fused-ring (bicyclic) bond motifs is 1. The maximum Gasteiger partial charge on any atom is 0.429 e. The Morgan fingerprint density at radius 3 is 2.78 bits per heavy atom. The minimum Gasteiger partial charge on any atom is -0.457 e. The Kier molecular flexibility index (Phi) is 5.58. The van der Waals surface area contributed by atoms with Gasteiger partial charge in [-0.2, -0.15) is 18.2 Å². The molecule has 2 aromatic heterocycles. The van der Waals surface area contributed by atoms with E-state index < -0.39 is 11.9 Å². The number of ether oxygens (including phenoxy) is 1. The van der Waals surface area contributed by atoms with Gasteiger partial charge in [-0.05, 0) is 18.2 Å². The molecule has 0 aliphatic carbocycles. The fourth-order valence-corrected chi connectivity index (χ4v) is 2.78. The van der Waals surface area contributed by atoms with E-state index in [1.807, 2.05) is 0 Å². The predicted octanol–water partition coefficient (Wildman–Crippen LogP) is 4.08. The molecule has 4 rings (SSSR count). The number of allylic oxidation sites excluding steroid dienone is 1. The molecule has 1 aliphatic heterocycles. The average Bonchev–Trinajstić information content (AvgIpc) is 3.01. The Bertz CT molecular complexity index is 1220. The molecule has 1 amide bonds. The van der Waals surface area contributed by atoms with Gasteiger partial charge in [0.1, 0.15) is 22.9 Å². The summed E-state index contributed by atoms with van der Waals surface area (Å²) < 4.78 is 46.0. The SMILES string of the molecule is CNC(=O)c1cc(Oc2cccc(Nc3nc4n(n3)C=CCC(C(F)(F)F)=N4)c2)ccn1. The number of benzene rings is 1. The van der Waals surface area contributed by atoms with Crippen molar-refractivity contribution in [3.05, 3.63) is 54.4 Å². The standard InChI is InChI=1S/C20H16F3N7O2/c1-24-17(31)15-11-14(7-8-25-15)32-13-5-2-4-12(10-13)26-18-28-19-27-16(20(21,22)23)6-3-9-30(19)29-18/h2-5,7-11H,6H2,1H3,(H,24,31)(H,26,29). The predicted molar refractivity (Wildman–Crippen MR) is 111 cm³/mol. The van der Waals surface area contributed by atoms with Crippen LogP contribution in [0.25, 0.3) is 6.20 Å². The zero-order valence-corrected chi connectivity index (χ0v) is 16.6. The van der Waals surface area contributed by atoms with E-state index in [9.17, 15) is 18.0 Å². The number of pyridine rings is 1. The van der Waals surface area contributed by atoms with Gasteiger partial charge in [0.05, 0.1) is 0 Å². The van der Waals surface area contributed by atoms with Crippen molar-refractivity contribution < 1.29 is 22.7 Å². The number of anilines is 2. The number of nitrogens with one attached hydrogen (secondary N) is 2. The fraction of sp³-hybridized carbons (Fsp3) is 0.150. The summed E-state index contributed by atoms with van der Waals surface area (Å²) in [5.74, 6) is 0.394. The van der Waals surface area contributed by atoms with Crippen molar-refractivity contribution in [3.8, 4) is 11.5 Å². The molecule has 0 atom stereocenters. The number of aromatic nitrogens is 4. The number of alkyl halides is 3. The molecule has 0 saturated carbocycles.